The molecule has 1 amide bonds. The van der Waals surface area contributed by atoms with E-state index < -0.39 is 37.6 Å². The number of ether oxygens (including phenoxy) is 1. The van der Waals surface area contributed by atoms with Gasteiger partial charge in [-0.3, -0.25) is 9.69 Å². The fourth-order valence-electron chi connectivity index (χ4n) is 5.51. The third-order valence-corrected chi connectivity index (χ3v) is 10.3. The Labute approximate surface area is 206 Å². The van der Waals surface area contributed by atoms with Crippen LogP contribution in [0.3, 0.4) is 0 Å². The van der Waals surface area contributed by atoms with Gasteiger partial charge in [0.05, 0.1) is 22.6 Å². The molecule has 0 aliphatic carbocycles. The lowest BCUT2D eigenvalue weighted by Crippen LogP contribution is -2.53. The lowest BCUT2D eigenvalue weighted by molar-refractivity contribution is -0.121. The predicted octanol–water partition coefficient (Wildman–Crippen LogP) is 2.31. The smallest absolute Gasteiger partial charge is 0.231 e. The van der Waals surface area contributed by atoms with Crippen LogP contribution in [0.15, 0.2) is 48.5 Å². The maximum absolute atomic E-state index is 15.5. The summed E-state index contributed by atoms with van der Waals surface area (Å²) in [5.74, 6) is -0.891. The third-order valence-electron chi connectivity index (χ3n) is 7.63. The Morgan fingerprint density at radius 3 is 2.51 bits per heavy atom. The molecule has 2 aromatic rings. The normalized spacial score (nSPS) is 25.9. The second-order valence-electron chi connectivity index (χ2n) is 9.70. The third kappa shape index (κ3) is 5.14. The molecule has 4 rings (SSSR count). The van der Waals surface area contributed by atoms with Gasteiger partial charge in [-0.15, -0.1) is 0 Å². The number of nitrogens with zero attached hydrogens (tertiary/aromatic N) is 1. The molecule has 2 heterocycles. The lowest BCUT2D eigenvalue weighted by atomic mass is 9.80. The minimum atomic E-state index is -3.56. The van der Waals surface area contributed by atoms with Crippen LogP contribution in [0, 0.1) is 5.82 Å². The number of sulfone groups is 1. The Kier molecular flexibility index (Phi) is 7.61. The Morgan fingerprint density at radius 2 is 1.89 bits per heavy atom. The summed E-state index contributed by atoms with van der Waals surface area (Å²) in [6.45, 7) is 3.22. The second kappa shape index (κ2) is 10.3. The second-order valence-corrected chi connectivity index (χ2v) is 12.1. The van der Waals surface area contributed by atoms with Gasteiger partial charge in [-0.2, -0.15) is 0 Å². The first-order chi connectivity index (χ1) is 16.6. The molecule has 0 spiro atoms. The van der Waals surface area contributed by atoms with E-state index in [0.29, 0.717) is 38.2 Å². The molecule has 9 heteroatoms. The van der Waals surface area contributed by atoms with Gasteiger partial charge in [-0.25, -0.2) is 12.8 Å². The van der Waals surface area contributed by atoms with Gasteiger partial charge in [-0.05, 0) is 56.0 Å². The molecule has 0 aromatic heterocycles. The van der Waals surface area contributed by atoms with Gasteiger partial charge in [-0.1, -0.05) is 42.5 Å². The minimum Gasteiger partial charge on any atom is -0.381 e. The van der Waals surface area contributed by atoms with Crippen molar-refractivity contribution in [1.29, 1.82) is 0 Å². The van der Waals surface area contributed by atoms with Crippen LogP contribution in [0.25, 0.3) is 0 Å². The number of carbonyl (C=O) groups is 1. The van der Waals surface area contributed by atoms with E-state index in [2.05, 4.69) is 5.32 Å². The molecule has 3 atom stereocenters. The fourth-order valence-corrected chi connectivity index (χ4v) is 7.87. The zero-order valence-electron chi connectivity index (χ0n) is 20.2. The molecule has 3 N–H and O–H groups in total. The van der Waals surface area contributed by atoms with Gasteiger partial charge in [0.1, 0.15) is 5.82 Å². The highest BCUT2D eigenvalue weighted by Crippen LogP contribution is 2.39. The van der Waals surface area contributed by atoms with Crippen LogP contribution >= 0.6 is 0 Å². The minimum absolute atomic E-state index is 0.0494. The maximum atomic E-state index is 15.5. The number of nitrogens with two attached hydrogens (primary N) is 1. The molecule has 0 bridgehead atoms. The monoisotopic (exact) mass is 503 g/mol. The van der Waals surface area contributed by atoms with Gasteiger partial charge in [0, 0.05) is 25.8 Å². The largest absolute Gasteiger partial charge is 0.381 e. The topological polar surface area (TPSA) is 102 Å². The maximum Gasteiger partial charge on any atom is 0.231 e. The molecule has 2 saturated heterocycles. The van der Waals surface area contributed by atoms with Gasteiger partial charge in [0.25, 0.3) is 0 Å². The number of rotatable bonds is 7. The molecule has 7 nitrogen and oxygen atoms in total. The highest BCUT2D eigenvalue weighted by molar-refractivity contribution is 7.92. The zero-order chi connectivity index (χ0) is 25.2. The summed E-state index contributed by atoms with van der Waals surface area (Å²) in [6.07, 6.45) is 1.29. The summed E-state index contributed by atoms with van der Waals surface area (Å²) in [4.78, 5) is 13.5. The van der Waals surface area contributed by atoms with Crippen LogP contribution in [0.2, 0.25) is 0 Å². The van der Waals surface area contributed by atoms with Crippen LogP contribution in [-0.2, 0) is 31.3 Å². The number of nitrogens with one attached hydrogen (secondary N) is 1. The highest BCUT2D eigenvalue weighted by atomic mass is 32.2. The van der Waals surface area contributed by atoms with Crippen molar-refractivity contribution < 1.29 is 22.3 Å². The van der Waals surface area contributed by atoms with Crippen molar-refractivity contribution in [2.24, 2.45) is 5.73 Å². The number of carbonyl (C=O) groups excluding carboxylic acids is 1. The standard InChI is InChI=1S/C26H34FN3O4S/c1-18-23(35(32,33)24(16-29-18)19-6-4-3-5-7-19)14-20-8-9-21(15-22(20)27)26(10-12-34-13-11-26)30(2)17-25(28)31/h3-9,15,18,23-24,29H,10-14,16-17H2,1-2H3,(H2,28,31)/t18-,23?,24-/m0/s1. The van der Waals surface area contributed by atoms with Crippen LogP contribution in [-0.4, -0.2) is 63.9 Å². The van der Waals surface area contributed by atoms with E-state index in [1.165, 1.54) is 6.07 Å². The first-order valence-electron chi connectivity index (χ1n) is 12.0. The summed E-state index contributed by atoms with van der Waals surface area (Å²) in [6, 6.07) is 13.9. The van der Waals surface area contributed by atoms with Crippen LogP contribution in [0.4, 0.5) is 4.39 Å². The summed E-state index contributed by atoms with van der Waals surface area (Å²) in [7, 11) is -1.74. The van der Waals surface area contributed by atoms with Gasteiger partial charge in [0.2, 0.25) is 5.91 Å². The highest BCUT2D eigenvalue weighted by Gasteiger charge is 2.43. The van der Waals surface area contributed by atoms with E-state index in [1.54, 1.807) is 6.07 Å². The van der Waals surface area contributed by atoms with Crippen molar-refractivity contribution in [1.82, 2.24) is 10.2 Å². The quantitative estimate of drug-likeness (QED) is 0.601. The van der Waals surface area contributed by atoms with Crippen LogP contribution in [0.1, 0.15) is 41.7 Å². The van der Waals surface area contributed by atoms with Gasteiger partial charge >= 0.3 is 0 Å². The average Bonchev–Trinajstić information content (AvgIpc) is 2.83. The molecule has 190 valence electrons. The molecule has 2 aliphatic rings. The van der Waals surface area contributed by atoms with Crippen molar-refractivity contribution in [3.8, 4) is 0 Å². The number of likely N-dealkylation sites (N-methyl/N-ethyl adjacent to an activating group) is 1. The lowest BCUT2D eigenvalue weighted by Gasteiger charge is -2.44. The molecule has 0 radical (unpaired) electrons. The van der Waals surface area contributed by atoms with E-state index in [4.69, 9.17) is 10.5 Å². The molecule has 0 saturated carbocycles. The van der Waals surface area contributed by atoms with Crippen molar-refractivity contribution in [2.75, 3.05) is 33.4 Å². The van der Waals surface area contributed by atoms with Crippen molar-refractivity contribution in [2.45, 2.75) is 48.3 Å². The van der Waals surface area contributed by atoms with E-state index in [9.17, 15) is 13.2 Å². The van der Waals surface area contributed by atoms with Gasteiger partial charge in [0.15, 0.2) is 9.84 Å². The Hall–Kier alpha value is -2.33. The Balaban J connectivity index is 1.62. The summed E-state index contributed by atoms with van der Waals surface area (Å²) in [5, 5.41) is 1.89. The van der Waals surface area contributed by atoms with Crippen molar-refractivity contribution >= 4 is 15.7 Å². The Morgan fingerprint density at radius 1 is 1.20 bits per heavy atom. The first kappa shape index (κ1) is 25.8. The molecule has 35 heavy (non-hydrogen) atoms. The SMILES string of the molecule is C[C@@H]1NC[C@@H](c2ccccc2)S(=O)(=O)C1Cc1ccc(C2(N(C)CC(N)=O)CCOCC2)cc1F. The summed E-state index contributed by atoms with van der Waals surface area (Å²) >= 11 is 0. The number of amides is 1. The van der Waals surface area contributed by atoms with Crippen LogP contribution < -0.4 is 11.1 Å². The summed E-state index contributed by atoms with van der Waals surface area (Å²) < 4.78 is 48.2. The predicted molar refractivity (Wildman–Crippen MR) is 133 cm³/mol. The molecule has 2 fully saturated rings. The van der Waals surface area contributed by atoms with Crippen LogP contribution in [0.5, 0.6) is 0 Å². The number of primary amides is 1. The molecular weight excluding hydrogens is 469 g/mol. The molecule has 2 aromatic carbocycles. The number of halogens is 1. The zero-order valence-corrected chi connectivity index (χ0v) is 21.1. The number of hydrogen-bond donors (Lipinski definition) is 2. The summed E-state index contributed by atoms with van der Waals surface area (Å²) in [5.41, 5.74) is 6.71. The van der Waals surface area contributed by atoms with Gasteiger partial charge < -0.3 is 15.8 Å². The first-order valence-corrected chi connectivity index (χ1v) is 13.6. The van der Waals surface area contributed by atoms with Crippen molar-refractivity contribution in [3.63, 3.8) is 0 Å². The molecule has 2 aliphatic heterocycles. The number of hydrogen-bond acceptors (Lipinski definition) is 6. The van der Waals surface area contributed by atoms with E-state index in [0.717, 1.165) is 11.1 Å². The fraction of sp³-hybridized carbons (Fsp3) is 0.500. The molecule has 1 unspecified atom stereocenters. The van der Waals surface area contributed by atoms with E-state index in [1.807, 2.05) is 55.3 Å². The van der Waals surface area contributed by atoms with E-state index >= 15 is 4.39 Å². The van der Waals surface area contributed by atoms with E-state index in [-0.39, 0.29) is 19.0 Å². The van der Waals surface area contributed by atoms with Crippen molar-refractivity contribution in [3.05, 3.63) is 71.0 Å². The Bertz CT molecular complexity index is 1150. The average molecular weight is 504 g/mol. The molecular formula is C26H34FN3O4S. The number of benzene rings is 2.